The Hall–Kier alpha value is -1.59. The SMILES string of the molecule is CCOCC(=O)Nc1ccc(N2CCOC[C@@H]2C)cc1. The molecule has 1 saturated heterocycles. The lowest BCUT2D eigenvalue weighted by Crippen LogP contribution is -2.43. The number of nitrogens with one attached hydrogen (secondary N) is 1. The third kappa shape index (κ3) is 3.95. The number of carbonyl (C=O) groups excluding carboxylic acids is 1. The zero-order valence-corrected chi connectivity index (χ0v) is 12.1. The van der Waals surface area contributed by atoms with Crippen LogP contribution in [0.2, 0.25) is 0 Å². The van der Waals surface area contributed by atoms with Gasteiger partial charge < -0.3 is 19.7 Å². The molecule has 1 aliphatic heterocycles. The number of carbonyl (C=O) groups is 1. The van der Waals surface area contributed by atoms with Crippen molar-refractivity contribution < 1.29 is 14.3 Å². The molecule has 1 aromatic carbocycles. The van der Waals surface area contributed by atoms with Crippen molar-refractivity contribution in [1.82, 2.24) is 0 Å². The highest BCUT2D eigenvalue weighted by atomic mass is 16.5. The predicted molar refractivity (Wildman–Crippen MR) is 79.2 cm³/mol. The molecule has 1 aromatic rings. The van der Waals surface area contributed by atoms with Crippen LogP contribution in [0.1, 0.15) is 13.8 Å². The summed E-state index contributed by atoms with van der Waals surface area (Å²) in [7, 11) is 0. The molecule has 1 fully saturated rings. The Bertz CT molecular complexity index is 433. The van der Waals surface area contributed by atoms with Gasteiger partial charge in [0.05, 0.1) is 13.2 Å². The molecule has 1 atom stereocenters. The highest BCUT2D eigenvalue weighted by Crippen LogP contribution is 2.21. The van der Waals surface area contributed by atoms with Crippen molar-refractivity contribution in [2.45, 2.75) is 19.9 Å². The summed E-state index contributed by atoms with van der Waals surface area (Å²) >= 11 is 0. The minimum atomic E-state index is -0.126. The fourth-order valence-corrected chi connectivity index (χ4v) is 2.24. The summed E-state index contributed by atoms with van der Waals surface area (Å²) < 4.78 is 10.5. The van der Waals surface area contributed by atoms with Crippen LogP contribution >= 0.6 is 0 Å². The van der Waals surface area contributed by atoms with Crippen molar-refractivity contribution in [3.8, 4) is 0 Å². The third-order valence-electron chi connectivity index (χ3n) is 3.29. The van der Waals surface area contributed by atoms with Crippen LogP contribution in [0.15, 0.2) is 24.3 Å². The molecule has 0 bridgehead atoms. The van der Waals surface area contributed by atoms with Gasteiger partial charge in [0.1, 0.15) is 6.61 Å². The van der Waals surface area contributed by atoms with Gasteiger partial charge in [0.15, 0.2) is 0 Å². The van der Waals surface area contributed by atoms with E-state index >= 15 is 0 Å². The van der Waals surface area contributed by atoms with E-state index in [1.54, 1.807) is 0 Å². The molecule has 20 heavy (non-hydrogen) atoms. The first-order chi connectivity index (χ1) is 9.70. The number of hydrogen-bond donors (Lipinski definition) is 1. The van der Waals surface area contributed by atoms with Gasteiger partial charge in [0.2, 0.25) is 5.91 Å². The first-order valence-corrected chi connectivity index (χ1v) is 7.02. The van der Waals surface area contributed by atoms with Crippen LogP contribution in [0, 0.1) is 0 Å². The number of benzene rings is 1. The van der Waals surface area contributed by atoms with E-state index < -0.39 is 0 Å². The average Bonchev–Trinajstić information content (AvgIpc) is 2.47. The predicted octanol–water partition coefficient (Wildman–Crippen LogP) is 1.89. The number of anilines is 2. The molecule has 0 aliphatic carbocycles. The summed E-state index contributed by atoms with van der Waals surface area (Å²) in [5.41, 5.74) is 1.95. The number of ether oxygens (including phenoxy) is 2. The summed E-state index contributed by atoms with van der Waals surface area (Å²) in [6.45, 7) is 7.07. The van der Waals surface area contributed by atoms with E-state index in [0.29, 0.717) is 12.6 Å². The van der Waals surface area contributed by atoms with Gasteiger partial charge in [0, 0.05) is 30.6 Å². The van der Waals surface area contributed by atoms with Gasteiger partial charge in [-0.15, -0.1) is 0 Å². The lowest BCUT2D eigenvalue weighted by Gasteiger charge is -2.35. The number of rotatable bonds is 5. The number of nitrogens with zero attached hydrogens (tertiary/aromatic N) is 1. The summed E-state index contributed by atoms with van der Waals surface area (Å²) in [6.07, 6.45) is 0. The maximum atomic E-state index is 11.5. The Labute approximate surface area is 119 Å². The molecule has 1 aliphatic rings. The Morgan fingerprint density at radius 3 is 2.85 bits per heavy atom. The molecule has 0 unspecified atom stereocenters. The van der Waals surface area contributed by atoms with Crippen LogP contribution < -0.4 is 10.2 Å². The Morgan fingerprint density at radius 2 is 2.20 bits per heavy atom. The molecule has 0 saturated carbocycles. The highest BCUT2D eigenvalue weighted by molar-refractivity contribution is 5.91. The van der Waals surface area contributed by atoms with Crippen molar-refractivity contribution in [2.75, 3.05) is 43.2 Å². The lowest BCUT2D eigenvalue weighted by atomic mass is 10.2. The number of morpholine rings is 1. The van der Waals surface area contributed by atoms with Crippen molar-refractivity contribution in [1.29, 1.82) is 0 Å². The molecule has 5 heteroatoms. The van der Waals surface area contributed by atoms with Crippen LogP contribution in [0.25, 0.3) is 0 Å². The lowest BCUT2D eigenvalue weighted by molar-refractivity contribution is -0.120. The van der Waals surface area contributed by atoms with E-state index in [1.165, 1.54) is 0 Å². The van der Waals surface area contributed by atoms with E-state index in [2.05, 4.69) is 17.1 Å². The Morgan fingerprint density at radius 1 is 1.45 bits per heavy atom. The monoisotopic (exact) mass is 278 g/mol. The van der Waals surface area contributed by atoms with Gasteiger partial charge in [-0.25, -0.2) is 0 Å². The summed E-state index contributed by atoms with van der Waals surface area (Å²) in [4.78, 5) is 13.9. The normalized spacial score (nSPS) is 18.9. The summed E-state index contributed by atoms with van der Waals surface area (Å²) in [6, 6.07) is 8.26. The zero-order valence-electron chi connectivity index (χ0n) is 12.1. The number of amides is 1. The molecular weight excluding hydrogens is 256 g/mol. The molecule has 1 heterocycles. The molecular formula is C15H22N2O3. The molecule has 5 nitrogen and oxygen atoms in total. The third-order valence-corrected chi connectivity index (χ3v) is 3.29. The molecule has 1 amide bonds. The maximum Gasteiger partial charge on any atom is 0.250 e. The minimum Gasteiger partial charge on any atom is -0.377 e. The largest absolute Gasteiger partial charge is 0.377 e. The number of hydrogen-bond acceptors (Lipinski definition) is 4. The van der Waals surface area contributed by atoms with Gasteiger partial charge in [0.25, 0.3) is 0 Å². The molecule has 0 radical (unpaired) electrons. The van der Waals surface area contributed by atoms with Gasteiger partial charge >= 0.3 is 0 Å². The van der Waals surface area contributed by atoms with Crippen LogP contribution in [0.3, 0.4) is 0 Å². The Balaban J connectivity index is 1.93. The quantitative estimate of drug-likeness (QED) is 0.893. The van der Waals surface area contributed by atoms with E-state index in [9.17, 15) is 4.79 Å². The summed E-state index contributed by atoms with van der Waals surface area (Å²) in [5.74, 6) is -0.126. The average molecular weight is 278 g/mol. The van der Waals surface area contributed by atoms with E-state index in [-0.39, 0.29) is 12.5 Å². The Kier molecular flexibility index (Phi) is 5.38. The van der Waals surface area contributed by atoms with Crippen LogP contribution in [0.4, 0.5) is 11.4 Å². The van der Waals surface area contributed by atoms with Crippen molar-refractivity contribution in [3.05, 3.63) is 24.3 Å². The molecule has 0 spiro atoms. The standard InChI is InChI=1S/C15H22N2O3/c1-3-19-11-15(18)16-13-4-6-14(7-5-13)17-8-9-20-10-12(17)2/h4-7,12H,3,8-11H2,1-2H3,(H,16,18)/t12-/m0/s1. The first kappa shape index (κ1) is 14.8. The van der Waals surface area contributed by atoms with Crippen LogP contribution in [0.5, 0.6) is 0 Å². The first-order valence-electron chi connectivity index (χ1n) is 7.02. The van der Waals surface area contributed by atoms with Crippen molar-refractivity contribution >= 4 is 17.3 Å². The molecule has 0 aromatic heterocycles. The minimum absolute atomic E-state index is 0.0960. The van der Waals surface area contributed by atoms with Gasteiger partial charge in [-0.2, -0.15) is 0 Å². The van der Waals surface area contributed by atoms with Gasteiger partial charge in [-0.1, -0.05) is 0 Å². The van der Waals surface area contributed by atoms with E-state index in [4.69, 9.17) is 9.47 Å². The summed E-state index contributed by atoms with van der Waals surface area (Å²) in [5, 5.41) is 2.81. The van der Waals surface area contributed by atoms with Crippen LogP contribution in [-0.4, -0.2) is 44.9 Å². The smallest absolute Gasteiger partial charge is 0.250 e. The topological polar surface area (TPSA) is 50.8 Å². The molecule has 1 N–H and O–H groups in total. The fourth-order valence-electron chi connectivity index (χ4n) is 2.24. The zero-order chi connectivity index (χ0) is 14.4. The van der Waals surface area contributed by atoms with Crippen molar-refractivity contribution in [3.63, 3.8) is 0 Å². The van der Waals surface area contributed by atoms with Gasteiger partial charge in [-0.3, -0.25) is 4.79 Å². The van der Waals surface area contributed by atoms with E-state index in [1.807, 2.05) is 31.2 Å². The van der Waals surface area contributed by atoms with E-state index in [0.717, 1.165) is 31.1 Å². The fraction of sp³-hybridized carbons (Fsp3) is 0.533. The highest BCUT2D eigenvalue weighted by Gasteiger charge is 2.18. The second-order valence-corrected chi connectivity index (χ2v) is 4.85. The molecule has 110 valence electrons. The second kappa shape index (κ2) is 7.26. The molecule has 2 rings (SSSR count). The van der Waals surface area contributed by atoms with Crippen LogP contribution in [-0.2, 0) is 14.3 Å². The van der Waals surface area contributed by atoms with Gasteiger partial charge in [-0.05, 0) is 38.1 Å². The maximum absolute atomic E-state index is 11.5. The second-order valence-electron chi connectivity index (χ2n) is 4.85. The van der Waals surface area contributed by atoms with Crippen molar-refractivity contribution in [2.24, 2.45) is 0 Å².